The van der Waals surface area contributed by atoms with Gasteiger partial charge in [-0.15, -0.1) is 0 Å². The maximum atomic E-state index is 12.9. The highest BCUT2D eigenvalue weighted by molar-refractivity contribution is 7.59. The Balaban J connectivity index is 1.87. The van der Waals surface area contributed by atoms with Crippen LogP contribution in [0, 0.1) is 11.8 Å². The standard InChI is InChI=1S/C18H34NO4P/c1-5-23-24(4,21)18(22-3)12-10-16(11-13-18)19-17(20)15-8-6-14(2)7-9-15/h14-16H,5-13H2,1-4H3,(H,19,20). The van der Waals surface area contributed by atoms with Crippen molar-refractivity contribution < 1.29 is 18.6 Å². The maximum absolute atomic E-state index is 12.9. The number of ether oxygens (including phenoxy) is 1. The lowest BCUT2D eigenvalue weighted by Gasteiger charge is -2.42. The molecule has 0 heterocycles. The van der Waals surface area contributed by atoms with Gasteiger partial charge in [0, 0.05) is 25.7 Å². The summed E-state index contributed by atoms with van der Waals surface area (Å²) in [5.41, 5.74) is 0. The number of hydrogen-bond acceptors (Lipinski definition) is 4. The van der Waals surface area contributed by atoms with E-state index in [0.717, 1.165) is 44.4 Å². The van der Waals surface area contributed by atoms with Gasteiger partial charge in [0.1, 0.15) is 5.34 Å². The summed E-state index contributed by atoms with van der Waals surface area (Å²) in [6, 6.07) is 0.168. The van der Waals surface area contributed by atoms with Crippen molar-refractivity contribution in [1.29, 1.82) is 0 Å². The van der Waals surface area contributed by atoms with Crippen LogP contribution in [0.15, 0.2) is 0 Å². The molecular weight excluding hydrogens is 325 g/mol. The van der Waals surface area contributed by atoms with Crippen LogP contribution < -0.4 is 5.32 Å². The second-order valence-corrected chi connectivity index (χ2v) is 10.4. The van der Waals surface area contributed by atoms with Gasteiger partial charge in [0.05, 0.1) is 6.61 Å². The highest BCUT2D eigenvalue weighted by Gasteiger charge is 2.48. The summed E-state index contributed by atoms with van der Waals surface area (Å²) in [5.74, 6) is 1.14. The zero-order valence-corrected chi connectivity index (χ0v) is 16.6. The Bertz CT molecular complexity index is 466. The van der Waals surface area contributed by atoms with Crippen molar-refractivity contribution in [2.45, 2.75) is 76.6 Å². The van der Waals surface area contributed by atoms with E-state index in [1.165, 1.54) is 0 Å². The average molecular weight is 359 g/mol. The molecule has 2 aliphatic carbocycles. The predicted molar refractivity (Wildman–Crippen MR) is 96.4 cm³/mol. The fraction of sp³-hybridized carbons (Fsp3) is 0.944. The van der Waals surface area contributed by atoms with Crippen molar-refractivity contribution in [2.75, 3.05) is 20.4 Å². The first-order valence-electron chi connectivity index (χ1n) is 9.41. The summed E-state index contributed by atoms with van der Waals surface area (Å²) in [6.07, 6.45) is 7.27. The molecule has 1 amide bonds. The van der Waals surface area contributed by atoms with Crippen LogP contribution in [0.5, 0.6) is 0 Å². The molecule has 0 spiro atoms. The van der Waals surface area contributed by atoms with E-state index in [2.05, 4.69) is 12.2 Å². The number of nitrogens with one attached hydrogen (secondary N) is 1. The van der Waals surface area contributed by atoms with Crippen molar-refractivity contribution in [3.8, 4) is 0 Å². The largest absolute Gasteiger partial charge is 0.368 e. The van der Waals surface area contributed by atoms with Gasteiger partial charge < -0.3 is 14.6 Å². The molecule has 0 bridgehead atoms. The van der Waals surface area contributed by atoms with E-state index in [1.807, 2.05) is 6.92 Å². The molecule has 5 nitrogen and oxygen atoms in total. The van der Waals surface area contributed by atoms with Gasteiger partial charge >= 0.3 is 0 Å². The average Bonchev–Trinajstić information content (AvgIpc) is 2.56. The molecule has 140 valence electrons. The van der Waals surface area contributed by atoms with Crippen LogP contribution in [-0.4, -0.2) is 37.7 Å². The van der Waals surface area contributed by atoms with Gasteiger partial charge in [0.25, 0.3) is 0 Å². The summed E-state index contributed by atoms with van der Waals surface area (Å²) in [6.45, 7) is 6.23. The second kappa shape index (κ2) is 8.33. The zero-order chi connectivity index (χ0) is 17.8. The molecule has 2 saturated carbocycles. The molecule has 1 unspecified atom stereocenters. The minimum absolute atomic E-state index is 0.168. The van der Waals surface area contributed by atoms with E-state index in [1.54, 1.807) is 13.8 Å². The van der Waals surface area contributed by atoms with E-state index < -0.39 is 12.7 Å². The van der Waals surface area contributed by atoms with Crippen molar-refractivity contribution in [3.63, 3.8) is 0 Å². The number of hydrogen-bond donors (Lipinski definition) is 1. The van der Waals surface area contributed by atoms with Gasteiger partial charge in [-0.05, 0) is 64.2 Å². The smallest absolute Gasteiger partial charge is 0.230 e. The number of rotatable bonds is 6. The molecule has 24 heavy (non-hydrogen) atoms. The minimum Gasteiger partial charge on any atom is -0.368 e. The van der Waals surface area contributed by atoms with Crippen LogP contribution in [0.4, 0.5) is 0 Å². The monoisotopic (exact) mass is 359 g/mol. The van der Waals surface area contributed by atoms with E-state index in [-0.39, 0.29) is 17.9 Å². The molecule has 1 atom stereocenters. The molecule has 0 aromatic carbocycles. The van der Waals surface area contributed by atoms with Crippen LogP contribution in [0.25, 0.3) is 0 Å². The topological polar surface area (TPSA) is 64.6 Å². The maximum Gasteiger partial charge on any atom is 0.230 e. The van der Waals surface area contributed by atoms with Crippen molar-refractivity contribution >= 4 is 13.3 Å². The normalized spacial score (nSPS) is 36.8. The van der Waals surface area contributed by atoms with Crippen LogP contribution in [0.2, 0.25) is 0 Å². The third-order valence-corrected chi connectivity index (χ3v) is 8.86. The fourth-order valence-electron chi connectivity index (χ4n) is 4.19. The van der Waals surface area contributed by atoms with Crippen molar-refractivity contribution in [2.24, 2.45) is 11.8 Å². The van der Waals surface area contributed by atoms with E-state index in [9.17, 15) is 9.36 Å². The quantitative estimate of drug-likeness (QED) is 0.723. The number of methoxy groups -OCH3 is 1. The minimum atomic E-state index is -2.83. The Morgan fingerprint density at radius 3 is 2.25 bits per heavy atom. The van der Waals surface area contributed by atoms with Gasteiger partial charge in [0.15, 0.2) is 0 Å². The van der Waals surface area contributed by atoms with Gasteiger partial charge in [-0.25, -0.2) is 0 Å². The summed E-state index contributed by atoms with van der Waals surface area (Å²) in [5, 5.41) is 2.53. The Kier molecular flexibility index (Phi) is 6.92. The first-order valence-corrected chi connectivity index (χ1v) is 11.5. The molecule has 2 fully saturated rings. The van der Waals surface area contributed by atoms with Gasteiger partial charge in [-0.2, -0.15) is 0 Å². The van der Waals surface area contributed by atoms with Crippen LogP contribution in [0.3, 0.4) is 0 Å². The van der Waals surface area contributed by atoms with Crippen molar-refractivity contribution in [1.82, 2.24) is 5.32 Å². The summed E-state index contributed by atoms with van der Waals surface area (Å²) in [7, 11) is -1.21. The Labute approximate surface area is 146 Å². The first-order chi connectivity index (χ1) is 11.3. The Morgan fingerprint density at radius 1 is 1.17 bits per heavy atom. The lowest BCUT2D eigenvalue weighted by molar-refractivity contribution is -0.127. The number of amides is 1. The first kappa shape index (κ1) is 19.9. The molecule has 0 aromatic heterocycles. The molecule has 2 aliphatic rings. The van der Waals surface area contributed by atoms with E-state index in [4.69, 9.17) is 9.26 Å². The predicted octanol–water partition coefficient (Wildman–Crippen LogP) is 4.16. The Morgan fingerprint density at radius 2 is 1.75 bits per heavy atom. The highest BCUT2D eigenvalue weighted by Crippen LogP contribution is 2.62. The lowest BCUT2D eigenvalue weighted by Crippen LogP contribution is -2.46. The lowest BCUT2D eigenvalue weighted by atomic mass is 9.82. The number of carbonyl (C=O) groups excluding carboxylic acids is 1. The molecule has 0 aromatic rings. The zero-order valence-electron chi connectivity index (χ0n) is 15.7. The van der Waals surface area contributed by atoms with Crippen LogP contribution in [-0.2, 0) is 18.6 Å². The van der Waals surface area contributed by atoms with Gasteiger partial charge in [-0.3, -0.25) is 9.36 Å². The third kappa shape index (κ3) is 4.42. The van der Waals surface area contributed by atoms with Crippen molar-refractivity contribution in [3.05, 3.63) is 0 Å². The van der Waals surface area contributed by atoms with Gasteiger partial charge in [-0.1, -0.05) is 6.92 Å². The third-order valence-electron chi connectivity index (χ3n) is 6.00. The van der Waals surface area contributed by atoms with Crippen LogP contribution in [0.1, 0.15) is 65.2 Å². The second-order valence-electron chi connectivity index (χ2n) is 7.65. The molecule has 0 saturated heterocycles. The highest BCUT2D eigenvalue weighted by atomic mass is 31.2. The summed E-state index contributed by atoms with van der Waals surface area (Å²) < 4.78 is 24.1. The summed E-state index contributed by atoms with van der Waals surface area (Å²) in [4.78, 5) is 12.5. The number of carbonyl (C=O) groups is 1. The molecule has 0 aliphatic heterocycles. The summed E-state index contributed by atoms with van der Waals surface area (Å²) >= 11 is 0. The molecular formula is C18H34NO4P. The SMILES string of the molecule is CCOP(C)(=O)C1(OC)CCC(NC(=O)C2CCC(C)CC2)CC1. The Hall–Kier alpha value is -0.380. The molecule has 0 radical (unpaired) electrons. The molecule has 2 rings (SSSR count). The van der Waals surface area contributed by atoms with Gasteiger partial charge in [0.2, 0.25) is 13.3 Å². The van der Waals surface area contributed by atoms with E-state index in [0.29, 0.717) is 19.4 Å². The molecule has 6 heteroatoms. The van der Waals surface area contributed by atoms with E-state index >= 15 is 0 Å². The fourth-order valence-corrected chi connectivity index (χ4v) is 6.32. The van der Waals surface area contributed by atoms with Crippen LogP contribution >= 0.6 is 7.37 Å². The molecule has 1 N–H and O–H groups in total.